The lowest BCUT2D eigenvalue weighted by atomic mass is 9.44. The van der Waals surface area contributed by atoms with Crippen LogP contribution >= 0.6 is 11.8 Å². The smallest absolute Gasteiger partial charge is 0.316 e. The van der Waals surface area contributed by atoms with E-state index in [1.807, 2.05) is 19.1 Å². The van der Waals surface area contributed by atoms with E-state index in [4.69, 9.17) is 10.6 Å². The van der Waals surface area contributed by atoms with Crippen LogP contribution in [-0.2, 0) is 14.3 Å². The number of nitrogens with zero attached hydrogens (tertiary/aromatic N) is 2. The summed E-state index contributed by atoms with van der Waals surface area (Å²) >= 11 is 1.29. The molecule has 8 heteroatoms. The van der Waals surface area contributed by atoms with E-state index < -0.39 is 23.0 Å². The molecule has 36 heavy (non-hydrogen) atoms. The molecule has 0 amide bonds. The molecule has 1 aromatic rings. The number of thioether (sulfide) groups is 1. The highest BCUT2D eigenvalue weighted by Gasteiger charge is 2.68. The van der Waals surface area contributed by atoms with Gasteiger partial charge < -0.3 is 15.7 Å². The molecule has 3 saturated carbocycles. The number of esters is 1. The first-order valence-electron chi connectivity index (χ1n) is 12.9. The van der Waals surface area contributed by atoms with Crippen LogP contribution in [0.15, 0.2) is 41.1 Å². The molecule has 7 nitrogen and oxygen atoms in total. The summed E-state index contributed by atoms with van der Waals surface area (Å²) in [5, 5.41) is 15.8. The third kappa shape index (κ3) is 4.30. The average Bonchev–Trinajstić information content (AvgIpc) is 3.22. The number of pyridine rings is 1. The number of ketones is 1. The van der Waals surface area contributed by atoms with E-state index in [0.29, 0.717) is 17.9 Å². The lowest BCUT2D eigenvalue weighted by molar-refractivity contribution is -0.205. The number of ether oxygens (including phenoxy) is 1. The summed E-state index contributed by atoms with van der Waals surface area (Å²) in [5.41, 5.74) is -0.637. The molecule has 3 fully saturated rings. The van der Waals surface area contributed by atoms with Crippen molar-refractivity contribution in [3.05, 3.63) is 36.5 Å². The zero-order valence-corrected chi connectivity index (χ0v) is 22.6. The number of hydrogen-bond acceptors (Lipinski definition) is 8. The highest BCUT2D eigenvalue weighted by molar-refractivity contribution is 7.99. The van der Waals surface area contributed by atoms with E-state index in [0.717, 1.165) is 24.8 Å². The van der Waals surface area contributed by atoms with Gasteiger partial charge in [-0.2, -0.15) is 5.10 Å². The standard InChI is InChI=1S/C28H39N3O4S/c1-6-26(4)14-21(35-23(33)16-36-22-13-19(15-31-29)9-12-30-22)27(5)17(2)7-10-28(18(3)25(26)34)11-8-20(32)24(27)28/h6,9,12-13,15,17-18,21,24-25,34H,1,7-8,10-11,14,16,29H2,2-5H3/b31-15+/t17-,18+,21-,24?,25+,26-,27+,28+/m1/s1. The molecule has 1 aromatic heterocycles. The van der Waals surface area contributed by atoms with Crippen LogP contribution in [0.4, 0.5) is 0 Å². The van der Waals surface area contributed by atoms with Crippen molar-refractivity contribution in [2.24, 2.45) is 44.9 Å². The second kappa shape index (κ2) is 9.93. The highest BCUT2D eigenvalue weighted by Crippen LogP contribution is 2.68. The van der Waals surface area contributed by atoms with Gasteiger partial charge in [0, 0.05) is 29.4 Å². The van der Waals surface area contributed by atoms with Gasteiger partial charge in [-0.05, 0) is 60.6 Å². The molecule has 0 aliphatic heterocycles. The molecule has 8 atom stereocenters. The number of Topliss-reactive ketones (excluding diaryl/α,β-unsaturated/α-hetero) is 1. The normalized spacial score (nSPS) is 40.4. The van der Waals surface area contributed by atoms with Crippen molar-refractivity contribution >= 4 is 29.7 Å². The molecule has 4 rings (SSSR count). The van der Waals surface area contributed by atoms with Crippen molar-refractivity contribution in [1.82, 2.24) is 4.98 Å². The lowest BCUT2D eigenvalue weighted by Crippen LogP contribution is -2.63. The van der Waals surface area contributed by atoms with E-state index in [2.05, 4.69) is 37.4 Å². The Bertz CT molecular complexity index is 1060. The second-order valence-corrected chi connectivity index (χ2v) is 12.6. The van der Waals surface area contributed by atoms with Gasteiger partial charge in [-0.25, -0.2) is 4.98 Å². The van der Waals surface area contributed by atoms with Gasteiger partial charge in [0.05, 0.1) is 23.1 Å². The summed E-state index contributed by atoms with van der Waals surface area (Å²) in [5.74, 6) is 5.15. The van der Waals surface area contributed by atoms with E-state index in [9.17, 15) is 14.7 Å². The Kier molecular flexibility index (Phi) is 7.41. The number of aliphatic hydroxyl groups is 1. The molecule has 1 unspecified atom stereocenters. The summed E-state index contributed by atoms with van der Waals surface area (Å²) < 4.78 is 6.27. The summed E-state index contributed by atoms with van der Waals surface area (Å²) in [7, 11) is 0. The Morgan fingerprint density at radius 3 is 2.83 bits per heavy atom. The molecule has 2 bridgehead atoms. The van der Waals surface area contributed by atoms with Crippen LogP contribution < -0.4 is 5.84 Å². The maximum absolute atomic E-state index is 13.5. The van der Waals surface area contributed by atoms with Crippen LogP contribution in [0.3, 0.4) is 0 Å². The van der Waals surface area contributed by atoms with Crippen LogP contribution in [0.2, 0.25) is 0 Å². The molecule has 0 radical (unpaired) electrons. The predicted octanol–water partition coefficient (Wildman–Crippen LogP) is 4.37. The van der Waals surface area contributed by atoms with E-state index in [-0.39, 0.29) is 40.7 Å². The zero-order valence-electron chi connectivity index (χ0n) is 21.8. The zero-order chi connectivity index (χ0) is 26.3. The molecule has 1 heterocycles. The van der Waals surface area contributed by atoms with Crippen molar-refractivity contribution in [3.8, 4) is 0 Å². The average molecular weight is 514 g/mol. The second-order valence-electron chi connectivity index (χ2n) is 11.6. The summed E-state index contributed by atoms with van der Waals surface area (Å²) in [4.78, 5) is 31.0. The third-order valence-electron chi connectivity index (χ3n) is 9.90. The van der Waals surface area contributed by atoms with Gasteiger partial charge in [-0.3, -0.25) is 9.59 Å². The number of carbonyl (C=O) groups excluding carboxylic acids is 2. The fraction of sp³-hybridized carbons (Fsp3) is 0.643. The fourth-order valence-electron chi connectivity index (χ4n) is 7.50. The molecule has 0 spiro atoms. The minimum absolute atomic E-state index is 0.0496. The van der Waals surface area contributed by atoms with Crippen molar-refractivity contribution in [2.75, 3.05) is 5.75 Å². The molecule has 0 aromatic carbocycles. The summed E-state index contributed by atoms with van der Waals surface area (Å²) in [6.07, 6.45) is 7.41. The van der Waals surface area contributed by atoms with Gasteiger partial charge in [0.1, 0.15) is 11.9 Å². The lowest BCUT2D eigenvalue weighted by Gasteiger charge is -2.61. The topological polar surface area (TPSA) is 115 Å². The highest BCUT2D eigenvalue weighted by atomic mass is 32.2. The van der Waals surface area contributed by atoms with Crippen LogP contribution in [-0.4, -0.2) is 46.0 Å². The largest absolute Gasteiger partial charge is 0.461 e. The van der Waals surface area contributed by atoms with Gasteiger partial charge in [0.2, 0.25) is 0 Å². The molecule has 3 aliphatic rings. The number of hydrogen-bond donors (Lipinski definition) is 2. The van der Waals surface area contributed by atoms with Gasteiger partial charge in [-0.15, -0.1) is 6.58 Å². The first-order chi connectivity index (χ1) is 17.0. The molecule has 0 saturated heterocycles. The first-order valence-corrected chi connectivity index (χ1v) is 13.9. The molecule has 196 valence electrons. The van der Waals surface area contributed by atoms with E-state index in [1.54, 1.807) is 12.3 Å². The monoisotopic (exact) mass is 513 g/mol. The maximum Gasteiger partial charge on any atom is 0.316 e. The van der Waals surface area contributed by atoms with Crippen molar-refractivity contribution in [1.29, 1.82) is 0 Å². The van der Waals surface area contributed by atoms with Crippen molar-refractivity contribution in [3.63, 3.8) is 0 Å². The van der Waals surface area contributed by atoms with Gasteiger partial charge >= 0.3 is 5.97 Å². The first kappa shape index (κ1) is 26.9. The van der Waals surface area contributed by atoms with Gasteiger partial charge in [0.25, 0.3) is 0 Å². The van der Waals surface area contributed by atoms with Gasteiger partial charge in [-0.1, -0.05) is 45.5 Å². The minimum atomic E-state index is -0.673. The fourth-order valence-corrected chi connectivity index (χ4v) is 8.19. The molecular formula is C28H39N3O4S. The number of carbonyl (C=O) groups is 2. The minimum Gasteiger partial charge on any atom is -0.461 e. The number of aliphatic hydroxyl groups excluding tert-OH is 1. The molecule has 3 aliphatic carbocycles. The number of hydrazone groups is 1. The summed E-state index contributed by atoms with van der Waals surface area (Å²) in [6, 6.07) is 3.60. The number of nitrogens with two attached hydrogens (primary N) is 1. The quantitative estimate of drug-likeness (QED) is 0.145. The SMILES string of the molecule is C=C[C@]1(C)C[C@@H](OC(=O)CSc2cc(/C=N/N)ccn2)[C@@]2(C)C3C(=O)CC[C@@]3(CC[C@H]2C)[C@@H](C)[C@@H]1O. The maximum atomic E-state index is 13.5. The Morgan fingerprint density at radius 1 is 1.39 bits per heavy atom. The van der Waals surface area contributed by atoms with Crippen LogP contribution in [0, 0.1) is 34.0 Å². The Labute approximate surface area is 218 Å². The number of aromatic nitrogens is 1. The van der Waals surface area contributed by atoms with Crippen molar-refractivity contribution < 1.29 is 19.4 Å². The predicted molar refractivity (Wildman–Crippen MR) is 141 cm³/mol. The third-order valence-corrected chi connectivity index (χ3v) is 10.8. The molecule has 3 N–H and O–H groups in total. The Hall–Kier alpha value is -2.19. The van der Waals surface area contributed by atoms with Crippen LogP contribution in [0.25, 0.3) is 0 Å². The van der Waals surface area contributed by atoms with E-state index in [1.165, 1.54) is 18.0 Å². The van der Waals surface area contributed by atoms with Crippen molar-refractivity contribution in [2.45, 2.75) is 77.0 Å². The van der Waals surface area contributed by atoms with Crippen LogP contribution in [0.1, 0.15) is 65.4 Å². The Balaban J connectivity index is 1.65. The number of rotatable bonds is 6. The molecular weight excluding hydrogens is 474 g/mol. The van der Waals surface area contributed by atoms with Crippen LogP contribution in [0.5, 0.6) is 0 Å². The van der Waals surface area contributed by atoms with E-state index >= 15 is 0 Å². The van der Waals surface area contributed by atoms with Gasteiger partial charge in [0.15, 0.2) is 0 Å². The Morgan fingerprint density at radius 2 is 2.14 bits per heavy atom. The summed E-state index contributed by atoms with van der Waals surface area (Å²) in [6.45, 7) is 12.5.